The van der Waals surface area contributed by atoms with E-state index in [2.05, 4.69) is 5.32 Å². The summed E-state index contributed by atoms with van der Waals surface area (Å²) in [6.07, 6.45) is 0.352. The first-order valence-corrected chi connectivity index (χ1v) is 12.7. The molecule has 3 atom stereocenters. The van der Waals surface area contributed by atoms with Gasteiger partial charge in [0.25, 0.3) is 0 Å². The monoisotopic (exact) mass is 519 g/mol. The third-order valence-corrected chi connectivity index (χ3v) is 7.04. The maximum absolute atomic E-state index is 14.4. The highest BCUT2D eigenvalue weighted by Gasteiger charge is 2.49. The maximum atomic E-state index is 14.4. The number of methoxy groups -OCH3 is 2. The van der Waals surface area contributed by atoms with Gasteiger partial charge in [-0.1, -0.05) is 30.3 Å². The third kappa shape index (κ3) is 4.90. The largest absolute Gasteiger partial charge is 0.497 e. The van der Waals surface area contributed by atoms with Gasteiger partial charge in [-0.05, 0) is 56.5 Å². The van der Waals surface area contributed by atoms with Crippen molar-refractivity contribution >= 4 is 17.7 Å². The third-order valence-electron chi connectivity index (χ3n) is 7.04. The molecule has 0 saturated heterocycles. The van der Waals surface area contributed by atoms with Crippen LogP contribution in [-0.2, 0) is 23.9 Å². The molecule has 0 unspecified atom stereocenters. The SMILES string of the molecule is CCOC(=O)C1=C(C)NC2=C(C(=O)[C@@H](C(=O)OCC)[C@@H](c3ccccc3OC)C2)[C@@H]1c1ccc(OC)cc1. The molecule has 0 spiro atoms. The van der Waals surface area contributed by atoms with Gasteiger partial charge in [0, 0.05) is 28.8 Å². The predicted octanol–water partition coefficient (Wildman–Crippen LogP) is 4.42. The fraction of sp³-hybridized carbons (Fsp3) is 0.367. The first-order chi connectivity index (χ1) is 18.4. The second-order valence-corrected chi connectivity index (χ2v) is 9.13. The molecule has 0 radical (unpaired) electrons. The Hall–Kier alpha value is -4.07. The summed E-state index contributed by atoms with van der Waals surface area (Å²) in [6.45, 7) is 5.57. The van der Waals surface area contributed by atoms with Crippen LogP contribution < -0.4 is 14.8 Å². The fourth-order valence-corrected chi connectivity index (χ4v) is 5.41. The number of rotatable bonds is 8. The summed E-state index contributed by atoms with van der Waals surface area (Å²) >= 11 is 0. The number of hydrogen-bond acceptors (Lipinski definition) is 8. The van der Waals surface area contributed by atoms with Crippen LogP contribution in [0.4, 0.5) is 0 Å². The standard InChI is InChI=1S/C30H33NO7/c1-6-37-29(33)24-17(3)31-22-16-21(20-10-8-9-11-23(20)36-5)26(30(34)38-7-2)28(32)27(22)25(24)18-12-14-19(35-4)15-13-18/h8-15,21,25-26,31H,6-7,16H2,1-5H3/t21-,25-,26+/m1/s1. The molecule has 0 amide bonds. The van der Waals surface area contributed by atoms with E-state index in [1.54, 1.807) is 47.1 Å². The minimum Gasteiger partial charge on any atom is -0.497 e. The second kappa shape index (κ2) is 11.5. The van der Waals surface area contributed by atoms with Gasteiger partial charge in [-0.15, -0.1) is 0 Å². The lowest BCUT2D eigenvalue weighted by Crippen LogP contribution is -2.43. The van der Waals surface area contributed by atoms with Crippen LogP contribution in [-0.4, -0.2) is 45.2 Å². The lowest BCUT2D eigenvalue weighted by Gasteiger charge is -2.39. The zero-order chi connectivity index (χ0) is 27.4. The van der Waals surface area contributed by atoms with Crippen molar-refractivity contribution in [1.82, 2.24) is 5.32 Å². The summed E-state index contributed by atoms with van der Waals surface area (Å²) in [6, 6.07) is 14.6. The van der Waals surface area contributed by atoms with E-state index in [-0.39, 0.29) is 19.0 Å². The molecular weight excluding hydrogens is 486 g/mol. The zero-order valence-electron chi connectivity index (χ0n) is 22.3. The smallest absolute Gasteiger partial charge is 0.336 e. The number of nitrogens with one attached hydrogen (secondary N) is 1. The Morgan fingerprint density at radius 1 is 0.947 bits per heavy atom. The van der Waals surface area contributed by atoms with Crippen molar-refractivity contribution in [1.29, 1.82) is 0 Å². The molecule has 2 aromatic carbocycles. The van der Waals surface area contributed by atoms with E-state index >= 15 is 0 Å². The molecule has 1 aliphatic carbocycles. The topological polar surface area (TPSA) is 100 Å². The number of dihydropyridines is 1. The number of hydrogen-bond donors (Lipinski definition) is 1. The molecule has 8 heteroatoms. The van der Waals surface area contributed by atoms with Gasteiger partial charge in [-0.3, -0.25) is 9.59 Å². The minimum atomic E-state index is -1.10. The van der Waals surface area contributed by atoms with Crippen molar-refractivity contribution < 1.29 is 33.3 Å². The molecule has 200 valence electrons. The van der Waals surface area contributed by atoms with Gasteiger partial charge in [-0.25, -0.2) is 4.79 Å². The van der Waals surface area contributed by atoms with Gasteiger partial charge in [-0.2, -0.15) is 0 Å². The van der Waals surface area contributed by atoms with Gasteiger partial charge < -0.3 is 24.3 Å². The van der Waals surface area contributed by atoms with E-state index < -0.39 is 29.7 Å². The van der Waals surface area contributed by atoms with Crippen LogP contribution in [0.5, 0.6) is 11.5 Å². The van der Waals surface area contributed by atoms with Crippen molar-refractivity contribution in [2.24, 2.45) is 5.92 Å². The number of benzene rings is 2. The van der Waals surface area contributed by atoms with E-state index in [4.69, 9.17) is 18.9 Å². The average Bonchev–Trinajstić information content (AvgIpc) is 2.92. The molecule has 0 saturated carbocycles. The summed E-state index contributed by atoms with van der Waals surface area (Å²) < 4.78 is 21.7. The molecule has 0 bridgehead atoms. The van der Waals surface area contributed by atoms with Gasteiger partial charge >= 0.3 is 11.9 Å². The first-order valence-electron chi connectivity index (χ1n) is 12.7. The molecule has 1 aliphatic heterocycles. The number of allylic oxidation sites excluding steroid dienone is 3. The van der Waals surface area contributed by atoms with Gasteiger partial charge in [0.05, 0.1) is 33.0 Å². The first kappa shape index (κ1) is 27.0. The van der Waals surface area contributed by atoms with E-state index in [0.717, 1.165) is 5.56 Å². The van der Waals surface area contributed by atoms with Crippen LogP contribution in [0.1, 0.15) is 50.2 Å². The van der Waals surface area contributed by atoms with E-state index in [9.17, 15) is 14.4 Å². The minimum absolute atomic E-state index is 0.139. The summed E-state index contributed by atoms with van der Waals surface area (Å²) in [4.78, 5) is 40.9. The highest BCUT2D eigenvalue weighted by molar-refractivity contribution is 6.13. The fourth-order valence-electron chi connectivity index (χ4n) is 5.41. The summed E-state index contributed by atoms with van der Waals surface area (Å²) in [5.74, 6) is -2.61. The molecule has 2 aliphatic rings. The number of Topliss-reactive ketones (excluding diaryl/α,β-unsaturated/α-hetero) is 1. The van der Waals surface area contributed by atoms with E-state index in [1.165, 1.54) is 0 Å². The maximum Gasteiger partial charge on any atom is 0.336 e. The lowest BCUT2D eigenvalue weighted by atomic mass is 9.67. The van der Waals surface area contributed by atoms with Crippen LogP contribution in [0.15, 0.2) is 71.1 Å². The number of carbonyl (C=O) groups is 3. The van der Waals surface area contributed by atoms with Crippen LogP contribution in [0.2, 0.25) is 0 Å². The molecule has 2 aromatic rings. The number of carbonyl (C=O) groups excluding carboxylic acids is 3. The lowest BCUT2D eigenvalue weighted by molar-refractivity contribution is -0.152. The molecule has 0 aromatic heterocycles. The summed E-state index contributed by atoms with van der Waals surface area (Å²) in [5.41, 5.74) is 3.43. The quantitative estimate of drug-likeness (QED) is 0.404. The Labute approximate surface area is 222 Å². The Morgan fingerprint density at radius 2 is 1.63 bits per heavy atom. The molecule has 4 rings (SSSR count). The molecular formula is C30H33NO7. The van der Waals surface area contributed by atoms with Crippen LogP contribution >= 0.6 is 0 Å². The Balaban J connectivity index is 1.91. The molecule has 8 nitrogen and oxygen atoms in total. The molecule has 0 fully saturated rings. The number of para-hydroxylation sites is 1. The van der Waals surface area contributed by atoms with Crippen molar-refractivity contribution in [3.05, 3.63) is 82.2 Å². The van der Waals surface area contributed by atoms with Crippen molar-refractivity contribution in [2.75, 3.05) is 27.4 Å². The van der Waals surface area contributed by atoms with Crippen molar-refractivity contribution in [2.45, 2.75) is 39.0 Å². The molecule has 38 heavy (non-hydrogen) atoms. The van der Waals surface area contributed by atoms with E-state index in [0.29, 0.717) is 46.0 Å². The van der Waals surface area contributed by atoms with Crippen LogP contribution in [0.3, 0.4) is 0 Å². The van der Waals surface area contributed by atoms with Crippen molar-refractivity contribution in [3.63, 3.8) is 0 Å². The Morgan fingerprint density at radius 3 is 2.26 bits per heavy atom. The van der Waals surface area contributed by atoms with Gasteiger partial charge in [0.15, 0.2) is 5.78 Å². The van der Waals surface area contributed by atoms with Gasteiger partial charge in [0.1, 0.15) is 17.4 Å². The predicted molar refractivity (Wildman–Crippen MR) is 141 cm³/mol. The highest BCUT2D eigenvalue weighted by atomic mass is 16.5. The van der Waals surface area contributed by atoms with Crippen LogP contribution in [0.25, 0.3) is 0 Å². The van der Waals surface area contributed by atoms with E-state index in [1.807, 2.05) is 36.4 Å². The Kier molecular flexibility index (Phi) is 8.20. The highest BCUT2D eigenvalue weighted by Crippen LogP contribution is 2.49. The molecule has 1 heterocycles. The number of esters is 2. The second-order valence-electron chi connectivity index (χ2n) is 9.13. The van der Waals surface area contributed by atoms with Crippen molar-refractivity contribution in [3.8, 4) is 11.5 Å². The summed E-state index contributed by atoms with van der Waals surface area (Å²) in [5, 5.41) is 3.31. The van der Waals surface area contributed by atoms with Crippen LogP contribution in [0, 0.1) is 5.92 Å². The number of ketones is 1. The summed E-state index contributed by atoms with van der Waals surface area (Å²) in [7, 11) is 3.13. The Bertz CT molecular complexity index is 1290. The molecule has 1 N–H and O–H groups in total. The number of ether oxygens (including phenoxy) is 4. The normalized spacial score (nSPS) is 20.9. The average molecular weight is 520 g/mol. The zero-order valence-corrected chi connectivity index (χ0v) is 22.3. The van der Waals surface area contributed by atoms with Gasteiger partial charge in [0.2, 0.25) is 0 Å².